The zero-order chi connectivity index (χ0) is 14.9. The Labute approximate surface area is 125 Å². The standard InChI is InChI=1S/C14H25N5O2/c15-12-2-4-13(5-3-12)21-11-1-7-16-14(20)6-9-19-10-8-17-18-19/h8,10,12-13H,1-7,9,11,15H2,(H,16,20). The molecule has 2 rings (SSSR count). The maximum Gasteiger partial charge on any atom is 0.221 e. The molecule has 21 heavy (non-hydrogen) atoms. The molecule has 0 saturated heterocycles. The zero-order valence-corrected chi connectivity index (χ0v) is 12.4. The fraction of sp³-hybridized carbons (Fsp3) is 0.786. The Morgan fingerprint density at radius 2 is 2.19 bits per heavy atom. The van der Waals surface area contributed by atoms with E-state index in [2.05, 4.69) is 15.6 Å². The van der Waals surface area contributed by atoms with Crippen LogP contribution in [0.1, 0.15) is 38.5 Å². The summed E-state index contributed by atoms with van der Waals surface area (Å²) in [4.78, 5) is 11.6. The lowest BCUT2D eigenvalue weighted by Crippen LogP contribution is -2.31. The zero-order valence-electron chi connectivity index (χ0n) is 12.4. The summed E-state index contributed by atoms with van der Waals surface area (Å²) in [5.41, 5.74) is 5.86. The number of carbonyl (C=O) groups excluding carboxylic acids is 1. The van der Waals surface area contributed by atoms with Crippen molar-refractivity contribution in [3.05, 3.63) is 12.4 Å². The van der Waals surface area contributed by atoms with Crippen molar-refractivity contribution in [1.29, 1.82) is 0 Å². The first kappa shape index (κ1) is 15.9. The maximum absolute atomic E-state index is 11.6. The van der Waals surface area contributed by atoms with Crippen molar-refractivity contribution in [3.8, 4) is 0 Å². The minimum absolute atomic E-state index is 0.0362. The summed E-state index contributed by atoms with van der Waals surface area (Å²) >= 11 is 0. The quantitative estimate of drug-likeness (QED) is 0.679. The van der Waals surface area contributed by atoms with E-state index in [0.29, 0.717) is 38.3 Å². The average Bonchev–Trinajstić information content (AvgIpc) is 3.00. The number of aryl methyl sites for hydroxylation is 1. The van der Waals surface area contributed by atoms with E-state index in [1.165, 1.54) is 0 Å². The van der Waals surface area contributed by atoms with Crippen LogP contribution in [-0.4, -0.2) is 46.2 Å². The number of hydrogen-bond acceptors (Lipinski definition) is 5. The third kappa shape index (κ3) is 6.22. The molecule has 1 saturated carbocycles. The van der Waals surface area contributed by atoms with E-state index in [4.69, 9.17) is 10.5 Å². The monoisotopic (exact) mass is 295 g/mol. The van der Waals surface area contributed by atoms with Crippen LogP contribution in [0.5, 0.6) is 0 Å². The minimum atomic E-state index is 0.0362. The van der Waals surface area contributed by atoms with Crippen LogP contribution in [0.25, 0.3) is 0 Å². The van der Waals surface area contributed by atoms with E-state index >= 15 is 0 Å². The molecule has 118 valence electrons. The van der Waals surface area contributed by atoms with Gasteiger partial charge in [0.1, 0.15) is 0 Å². The largest absolute Gasteiger partial charge is 0.378 e. The number of carbonyl (C=O) groups is 1. The van der Waals surface area contributed by atoms with Crippen molar-refractivity contribution in [3.63, 3.8) is 0 Å². The SMILES string of the molecule is NC1CCC(OCCCNC(=O)CCn2ccnn2)CC1. The first-order chi connectivity index (χ1) is 10.2. The number of hydrogen-bond donors (Lipinski definition) is 2. The molecule has 3 N–H and O–H groups in total. The van der Waals surface area contributed by atoms with Crippen molar-refractivity contribution >= 4 is 5.91 Å². The molecule has 7 heteroatoms. The van der Waals surface area contributed by atoms with E-state index in [9.17, 15) is 4.79 Å². The van der Waals surface area contributed by atoms with Gasteiger partial charge in [0.2, 0.25) is 5.91 Å². The van der Waals surface area contributed by atoms with Crippen LogP contribution >= 0.6 is 0 Å². The lowest BCUT2D eigenvalue weighted by molar-refractivity contribution is -0.121. The molecule has 7 nitrogen and oxygen atoms in total. The van der Waals surface area contributed by atoms with Gasteiger partial charge in [-0.15, -0.1) is 5.10 Å². The van der Waals surface area contributed by atoms with Crippen LogP contribution in [0.4, 0.5) is 0 Å². The van der Waals surface area contributed by atoms with Gasteiger partial charge < -0.3 is 15.8 Å². The first-order valence-corrected chi connectivity index (χ1v) is 7.72. The Morgan fingerprint density at radius 1 is 1.38 bits per heavy atom. The van der Waals surface area contributed by atoms with Crippen LogP contribution in [0.2, 0.25) is 0 Å². The van der Waals surface area contributed by atoms with Gasteiger partial charge in [-0.05, 0) is 32.1 Å². The summed E-state index contributed by atoms with van der Waals surface area (Å²) in [6.45, 7) is 1.91. The second-order valence-corrected chi connectivity index (χ2v) is 5.53. The van der Waals surface area contributed by atoms with Gasteiger partial charge in [0, 0.05) is 31.8 Å². The topological polar surface area (TPSA) is 95.1 Å². The number of nitrogens with zero attached hydrogens (tertiary/aromatic N) is 3. The second-order valence-electron chi connectivity index (χ2n) is 5.53. The van der Waals surface area contributed by atoms with Gasteiger partial charge >= 0.3 is 0 Å². The highest BCUT2D eigenvalue weighted by Gasteiger charge is 2.18. The van der Waals surface area contributed by atoms with Crippen molar-refractivity contribution in [2.45, 2.75) is 57.2 Å². The summed E-state index contributed by atoms with van der Waals surface area (Å²) in [6, 6.07) is 0.356. The summed E-state index contributed by atoms with van der Waals surface area (Å²) < 4.78 is 7.45. The van der Waals surface area contributed by atoms with Gasteiger partial charge in [0.05, 0.1) is 18.8 Å². The molecule has 0 aliphatic heterocycles. The predicted molar refractivity (Wildman–Crippen MR) is 78.4 cm³/mol. The summed E-state index contributed by atoms with van der Waals surface area (Å²) in [5, 5.41) is 10.4. The van der Waals surface area contributed by atoms with Crippen LogP contribution in [-0.2, 0) is 16.1 Å². The Balaban J connectivity index is 1.45. The van der Waals surface area contributed by atoms with E-state index < -0.39 is 0 Å². The highest BCUT2D eigenvalue weighted by molar-refractivity contribution is 5.75. The molecule has 0 radical (unpaired) electrons. The van der Waals surface area contributed by atoms with Gasteiger partial charge in [-0.1, -0.05) is 5.21 Å². The number of ether oxygens (including phenoxy) is 1. The molecule has 0 unspecified atom stereocenters. The van der Waals surface area contributed by atoms with Gasteiger partial charge in [-0.3, -0.25) is 9.48 Å². The molecule has 1 aliphatic rings. The molecule has 0 spiro atoms. The van der Waals surface area contributed by atoms with Crippen molar-refractivity contribution < 1.29 is 9.53 Å². The summed E-state index contributed by atoms with van der Waals surface area (Å²) in [6.07, 6.45) is 9.21. The highest BCUT2D eigenvalue weighted by atomic mass is 16.5. The Kier molecular flexibility index (Phi) is 6.62. The van der Waals surface area contributed by atoms with Crippen LogP contribution in [0.15, 0.2) is 12.4 Å². The average molecular weight is 295 g/mol. The molecule has 1 amide bonds. The Bertz CT molecular complexity index is 402. The Morgan fingerprint density at radius 3 is 2.90 bits per heavy atom. The molecule has 1 fully saturated rings. The molecule has 0 bridgehead atoms. The van der Waals surface area contributed by atoms with Crippen molar-refractivity contribution in [2.24, 2.45) is 5.73 Å². The number of amides is 1. The van der Waals surface area contributed by atoms with Gasteiger partial charge in [-0.2, -0.15) is 0 Å². The molecule has 1 aromatic rings. The van der Waals surface area contributed by atoms with Crippen molar-refractivity contribution in [2.75, 3.05) is 13.2 Å². The van der Waals surface area contributed by atoms with Gasteiger partial charge in [0.15, 0.2) is 0 Å². The summed E-state index contributed by atoms with van der Waals surface area (Å²) in [7, 11) is 0. The van der Waals surface area contributed by atoms with E-state index in [0.717, 1.165) is 32.1 Å². The third-order valence-corrected chi connectivity index (χ3v) is 3.76. The molecular weight excluding hydrogens is 270 g/mol. The normalized spacial score (nSPS) is 22.1. The molecule has 1 aromatic heterocycles. The predicted octanol–water partition coefficient (Wildman–Crippen LogP) is 0.461. The molecule has 0 atom stereocenters. The molecule has 0 aromatic carbocycles. The van der Waals surface area contributed by atoms with E-state index in [1.54, 1.807) is 17.1 Å². The fourth-order valence-corrected chi connectivity index (χ4v) is 2.46. The van der Waals surface area contributed by atoms with Gasteiger partial charge in [0.25, 0.3) is 0 Å². The third-order valence-electron chi connectivity index (χ3n) is 3.76. The number of aromatic nitrogens is 3. The van der Waals surface area contributed by atoms with Crippen LogP contribution < -0.4 is 11.1 Å². The second kappa shape index (κ2) is 8.74. The van der Waals surface area contributed by atoms with Crippen LogP contribution in [0.3, 0.4) is 0 Å². The lowest BCUT2D eigenvalue weighted by Gasteiger charge is -2.26. The molecule has 1 aliphatic carbocycles. The molecule has 1 heterocycles. The minimum Gasteiger partial charge on any atom is -0.378 e. The number of nitrogens with one attached hydrogen (secondary N) is 1. The molecular formula is C14H25N5O2. The first-order valence-electron chi connectivity index (χ1n) is 7.72. The maximum atomic E-state index is 11.6. The van der Waals surface area contributed by atoms with Crippen LogP contribution in [0, 0.1) is 0 Å². The highest BCUT2D eigenvalue weighted by Crippen LogP contribution is 2.19. The summed E-state index contributed by atoms with van der Waals surface area (Å²) in [5.74, 6) is 0.0362. The van der Waals surface area contributed by atoms with Gasteiger partial charge in [-0.25, -0.2) is 0 Å². The lowest BCUT2D eigenvalue weighted by atomic mass is 9.94. The van der Waals surface area contributed by atoms with E-state index in [-0.39, 0.29) is 5.91 Å². The fourth-order valence-electron chi connectivity index (χ4n) is 2.46. The van der Waals surface area contributed by atoms with E-state index in [1.807, 2.05) is 0 Å². The smallest absolute Gasteiger partial charge is 0.221 e. The number of rotatable bonds is 8. The van der Waals surface area contributed by atoms with Crippen molar-refractivity contribution in [1.82, 2.24) is 20.3 Å². The number of nitrogens with two attached hydrogens (primary N) is 1. The Hall–Kier alpha value is -1.47.